The maximum atomic E-state index is 12.3. The molecule has 1 aliphatic rings. The lowest BCUT2D eigenvalue weighted by Crippen LogP contribution is -2.38. The van der Waals surface area contributed by atoms with Gasteiger partial charge in [-0.1, -0.05) is 30.3 Å². The Kier molecular flexibility index (Phi) is 4.57. The summed E-state index contributed by atoms with van der Waals surface area (Å²) in [4.78, 5) is 22.9. The summed E-state index contributed by atoms with van der Waals surface area (Å²) in [7, 11) is 0. The lowest BCUT2D eigenvalue weighted by atomic mass is 9.94. The molecule has 1 atom stereocenters. The Morgan fingerprint density at radius 2 is 2.12 bits per heavy atom. The van der Waals surface area contributed by atoms with E-state index in [1.165, 1.54) is 17.2 Å². The average Bonchev–Trinajstić information content (AvgIpc) is 2.59. The number of aryl methyl sites for hydroxylation is 1. The summed E-state index contributed by atoms with van der Waals surface area (Å²) < 4.78 is 0. The van der Waals surface area contributed by atoms with Crippen molar-refractivity contribution < 1.29 is 9.72 Å². The summed E-state index contributed by atoms with van der Waals surface area (Å²) in [5.74, 6) is -0.303. The number of benzene rings is 2. The molecule has 1 amide bonds. The van der Waals surface area contributed by atoms with E-state index in [-0.39, 0.29) is 17.6 Å². The van der Waals surface area contributed by atoms with E-state index in [2.05, 4.69) is 22.8 Å². The number of nitro groups is 1. The lowest BCUT2D eigenvalue weighted by Gasteiger charge is -2.27. The van der Waals surface area contributed by atoms with Gasteiger partial charge in [-0.15, -0.1) is 0 Å². The Morgan fingerprint density at radius 1 is 1.33 bits per heavy atom. The Labute approximate surface area is 140 Å². The second kappa shape index (κ2) is 6.80. The number of rotatable bonds is 4. The van der Waals surface area contributed by atoms with Crippen LogP contribution >= 0.6 is 0 Å². The predicted molar refractivity (Wildman–Crippen MR) is 91.1 cm³/mol. The van der Waals surface area contributed by atoms with Gasteiger partial charge in [-0.25, -0.2) is 0 Å². The molecule has 24 heavy (non-hydrogen) atoms. The first-order valence-electron chi connectivity index (χ1n) is 7.90. The molecule has 2 aromatic rings. The largest absolute Gasteiger partial charge is 0.350 e. The minimum Gasteiger partial charge on any atom is -0.350 e. The fourth-order valence-electron chi connectivity index (χ4n) is 3.02. The Morgan fingerprint density at radius 3 is 2.92 bits per heavy atom. The Hall–Kier alpha value is -2.73. The molecule has 3 rings (SSSR count). The van der Waals surface area contributed by atoms with Crippen molar-refractivity contribution in [3.63, 3.8) is 0 Å². The first-order valence-corrected chi connectivity index (χ1v) is 7.90. The van der Waals surface area contributed by atoms with E-state index in [0.29, 0.717) is 17.7 Å². The van der Waals surface area contributed by atoms with Crippen LogP contribution in [0.3, 0.4) is 0 Å². The second-order valence-corrected chi connectivity index (χ2v) is 5.92. The van der Waals surface area contributed by atoms with Crippen LogP contribution < -0.4 is 10.6 Å². The molecule has 0 radical (unpaired) electrons. The van der Waals surface area contributed by atoms with Crippen LogP contribution in [0, 0.1) is 17.0 Å². The van der Waals surface area contributed by atoms with Gasteiger partial charge < -0.3 is 10.6 Å². The van der Waals surface area contributed by atoms with Gasteiger partial charge in [0.05, 0.1) is 4.92 Å². The summed E-state index contributed by atoms with van der Waals surface area (Å²) in [6, 6.07) is 12.8. The topological polar surface area (TPSA) is 84.3 Å². The van der Waals surface area contributed by atoms with E-state index in [4.69, 9.17) is 0 Å². The number of nitrogens with zero attached hydrogens (tertiary/aromatic N) is 1. The van der Waals surface area contributed by atoms with Crippen molar-refractivity contribution in [3.05, 3.63) is 74.8 Å². The number of carbonyl (C=O) groups excluding carboxylic acids is 1. The van der Waals surface area contributed by atoms with Crippen molar-refractivity contribution in [2.24, 2.45) is 0 Å². The first kappa shape index (κ1) is 16.1. The van der Waals surface area contributed by atoms with Crippen LogP contribution in [0.15, 0.2) is 42.5 Å². The van der Waals surface area contributed by atoms with E-state index < -0.39 is 4.92 Å². The quantitative estimate of drug-likeness (QED) is 0.668. The fourth-order valence-corrected chi connectivity index (χ4v) is 3.02. The summed E-state index contributed by atoms with van der Waals surface area (Å²) >= 11 is 0. The monoisotopic (exact) mass is 325 g/mol. The van der Waals surface area contributed by atoms with Crippen LogP contribution in [0.1, 0.15) is 33.1 Å². The zero-order valence-electron chi connectivity index (χ0n) is 13.4. The smallest absolute Gasteiger partial charge is 0.273 e. The summed E-state index contributed by atoms with van der Waals surface area (Å²) in [6.07, 6.45) is 0.977. The van der Waals surface area contributed by atoms with Gasteiger partial charge in [0.2, 0.25) is 0 Å². The van der Waals surface area contributed by atoms with Gasteiger partial charge in [-0.2, -0.15) is 0 Å². The van der Waals surface area contributed by atoms with Gasteiger partial charge in [0.15, 0.2) is 0 Å². The maximum absolute atomic E-state index is 12.3. The SMILES string of the molecule is Cc1ccc(C(=O)NCC2NCCc3ccccc32)cc1[N+](=O)[O-]. The van der Waals surface area contributed by atoms with Crippen molar-refractivity contribution in [1.82, 2.24) is 10.6 Å². The summed E-state index contributed by atoms with van der Waals surface area (Å²) in [5.41, 5.74) is 3.29. The van der Waals surface area contributed by atoms with E-state index in [0.717, 1.165) is 13.0 Å². The van der Waals surface area contributed by atoms with Gasteiger partial charge in [0.1, 0.15) is 0 Å². The molecule has 0 saturated carbocycles. The van der Waals surface area contributed by atoms with Crippen molar-refractivity contribution >= 4 is 11.6 Å². The summed E-state index contributed by atoms with van der Waals surface area (Å²) in [6.45, 7) is 2.97. The van der Waals surface area contributed by atoms with Crippen LogP contribution in [-0.4, -0.2) is 23.9 Å². The molecule has 1 unspecified atom stereocenters. The van der Waals surface area contributed by atoms with Crippen LogP contribution in [0.2, 0.25) is 0 Å². The molecule has 6 heteroatoms. The molecule has 6 nitrogen and oxygen atoms in total. The van der Waals surface area contributed by atoms with Crippen molar-refractivity contribution in [2.45, 2.75) is 19.4 Å². The Bertz CT molecular complexity index is 789. The van der Waals surface area contributed by atoms with E-state index in [1.807, 2.05) is 12.1 Å². The number of nitrogens with one attached hydrogen (secondary N) is 2. The van der Waals surface area contributed by atoms with E-state index in [1.54, 1.807) is 19.1 Å². The molecule has 1 aliphatic heterocycles. The highest BCUT2D eigenvalue weighted by Crippen LogP contribution is 2.22. The lowest BCUT2D eigenvalue weighted by molar-refractivity contribution is -0.385. The zero-order valence-corrected chi connectivity index (χ0v) is 13.4. The standard InChI is InChI=1S/C18H19N3O3/c1-12-6-7-14(10-17(12)21(23)24)18(22)20-11-16-15-5-3-2-4-13(15)8-9-19-16/h2-7,10,16,19H,8-9,11H2,1H3,(H,20,22). The number of hydrogen-bond acceptors (Lipinski definition) is 4. The molecule has 0 fully saturated rings. The highest BCUT2D eigenvalue weighted by atomic mass is 16.6. The molecular weight excluding hydrogens is 306 g/mol. The minimum absolute atomic E-state index is 0.0382. The number of amides is 1. The third-order valence-electron chi connectivity index (χ3n) is 4.35. The molecule has 124 valence electrons. The average molecular weight is 325 g/mol. The first-order chi connectivity index (χ1) is 11.6. The molecule has 1 heterocycles. The third-order valence-corrected chi connectivity index (χ3v) is 4.35. The van der Waals surface area contributed by atoms with Crippen molar-refractivity contribution in [2.75, 3.05) is 13.1 Å². The number of carbonyl (C=O) groups is 1. The molecule has 0 saturated heterocycles. The minimum atomic E-state index is -0.467. The highest BCUT2D eigenvalue weighted by molar-refractivity contribution is 5.95. The van der Waals surface area contributed by atoms with Gasteiger partial charge in [0, 0.05) is 29.8 Å². The van der Waals surface area contributed by atoms with Crippen LogP contribution in [-0.2, 0) is 6.42 Å². The highest BCUT2D eigenvalue weighted by Gasteiger charge is 2.20. The molecule has 0 aliphatic carbocycles. The van der Waals surface area contributed by atoms with E-state index >= 15 is 0 Å². The van der Waals surface area contributed by atoms with E-state index in [9.17, 15) is 14.9 Å². The van der Waals surface area contributed by atoms with Gasteiger partial charge >= 0.3 is 0 Å². The number of hydrogen-bond donors (Lipinski definition) is 2. The zero-order chi connectivity index (χ0) is 17.1. The van der Waals surface area contributed by atoms with Crippen LogP contribution in [0.5, 0.6) is 0 Å². The van der Waals surface area contributed by atoms with Crippen molar-refractivity contribution in [1.29, 1.82) is 0 Å². The third kappa shape index (κ3) is 3.28. The fraction of sp³-hybridized carbons (Fsp3) is 0.278. The van der Waals surface area contributed by atoms with Gasteiger partial charge in [0.25, 0.3) is 11.6 Å². The van der Waals surface area contributed by atoms with Crippen molar-refractivity contribution in [3.8, 4) is 0 Å². The maximum Gasteiger partial charge on any atom is 0.273 e. The normalized spacial score (nSPS) is 16.3. The molecule has 2 aromatic carbocycles. The van der Waals surface area contributed by atoms with Gasteiger partial charge in [-0.3, -0.25) is 14.9 Å². The van der Waals surface area contributed by atoms with Crippen LogP contribution in [0.4, 0.5) is 5.69 Å². The van der Waals surface area contributed by atoms with Gasteiger partial charge in [-0.05, 0) is 37.1 Å². The molecular formula is C18H19N3O3. The van der Waals surface area contributed by atoms with Crippen LogP contribution in [0.25, 0.3) is 0 Å². The second-order valence-electron chi connectivity index (χ2n) is 5.92. The molecule has 0 spiro atoms. The predicted octanol–water partition coefficient (Wildman–Crippen LogP) is 2.52. The molecule has 0 bridgehead atoms. The number of nitro benzene ring substituents is 1. The number of fused-ring (bicyclic) bond motifs is 1. The molecule has 0 aromatic heterocycles. The Balaban J connectivity index is 1.71. The summed E-state index contributed by atoms with van der Waals surface area (Å²) in [5, 5.41) is 17.3. The molecule has 2 N–H and O–H groups in total.